The van der Waals surface area contributed by atoms with Gasteiger partial charge in [-0.3, -0.25) is 0 Å². The van der Waals surface area contributed by atoms with E-state index in [-0.39, 0.29) is 5.97 Å². The first-order valence-corrected chi connectivity index (χ1v) is 6.93. The van der Waals surface area contributed by atoms with Gasteiger partial charge in [0.2, 0.25) is 0 Å². The van der Waals surface area contributed by atoms with Gasteiger partial charge in [-0.2, -0.15) is 5.10 Å². The van der Waals surface area contributed by atoms with Crippen LogP contribution in [0.4, 0.5) is 5.82 Å². The number of anilines is 1. The Labute approximate surface area is 119 Å². The van der Waals surface area contributed by atoms with E-state index in [9.17, 15) is 4.79 Å². The SMILES string of the molecule is CC(C)(C)C(=O)ON1CCC(c2ccc(N)nn2)CC1. The maximum atomic E-state index is 11.8. The Kier molecular flexibility index (Phi) is 4.23. The van der Waals surface area contributed by atoms with Gasteiger partial charge >= 0.3 is 5.97 Å². The highest BCUT2D eigenvalue weighted by molar-refractivity contribution is 5.75. The smallest absolute Gasteiger partial charge is 0.330 e. The highest BCUT2D eigenvalue weighted by Gasteiger charge is 2.29. The van der Waals surface area contributed by atoms with Gasteiger partial charge in [-0.05, 0) is 45.7 Å². The molecule has 0 amide bonds. The van der Waals surface area contributed by atoms with Crippen LogP contribution in [0.3, 0.4) is 0 Å². The molecule has 0 bridgehead atoms. The van der Waals surface area contributed by atoms with Gasteiger partial charge in [-0.15, -0.1) is 10.2 Å². The fraction of sp³-hybridized carbons (Fsp3) is 0.643. The van der Waals surface area contributed by atoms with Gasteiger partial charge in [0.25, 0.3) is 0 Å². The first-order valence-electron chi connectivity index (χ1n) is 6.93. The normalized spacial score (nSPS) is 17.9. The van der Waals surface area contributed by atoms with E-state index in [0.29, 0.717) is 11.7 Å². The lowest BCUT2D eigenvalue weighted by atomic mass is 9.94. The Morgan fingerprint density at radius 1 is 1.30 bits per heavy atom. The summed E-state index contributed by atoms with van der Waals surface area (Å²) in [7, 11) is 0. The van der Waals surface area contributed by atoms with Crippen molar-refractivity contribution in [2.45, 2.75) is 39.5 Å². The third-order valence-electron chi connectivity index (χ3n) is 3.40. The van der Waals surface area contributed by atoms with E-state index in [1.807, 2.05) is 26.8 Å². The fourth-order valence-corrected chi connectivity index (χ4v) is 2.07. The van der Waals surface area contributed by atoms with Crippen molar-refractivity contribution in [3.05, 3.63) is 17.8 Å². The number of aromatic nitrogens is 2. The van der Waals surface area contributed by atoms with Crippen LogP contribution in [-0.4, -0.2) is 34.3 Å². The molecule has 1 aliphatic heterocycles. The first-order chi connectivity index (χ1) is 9.36. The second-order valence-corrected chi connectivity index (χ2v) is 6.22. The molecule has 2 N–H and O–H groups in total. The third-order valence-corrected chi connectivity index (χ3v) is 3.40. The number of nitrogens with zero attached hydrogens (tertiary/aromatic N) is 3. The van der Waals surface area contributed by atoms with E-state index in [1.54, 1.807) is 11.1 Å². The standard InChI is InChI=1S/C14H22N4O2/c1-14(2,3)13(19)20-18-8-6-10(7-9-18)11-4-5-12(15)17-16-11/h4-5,10H,6-9H2,1-3H3,(H2,15,17). The Bertz CT molecular complexity index is 459. The monoisotopic (exact) mass is 278 g/mol. The van der Waals surface area contributed by atoms with E-state index in [1.165, 1.54) is 0 Å². The molecular weight excluding hydrogens is 256 g/mol. The zero-order chi connectivity index (χ0) is 14.8. The molecule has 6 nitrogen and oxygen atoms in total. The van der Waals surface area contributed by atoms with Crippen molar-refractivity contribution in [1.82, 2.24) is 15.3 Å². The predicted molar refractivity (Wildman–Crippen MR) is 75.5 cm³/mol. The molecule has 0 radical (unpaired) electrons. The van der Waals surface area contributed by atoms with Gasteiger partial charge in [0.05, 0.1) is 11.1 Å². The number of nitrogens with two attached hydrogens (primary N) is 1. The Hall–Kier alpha value is -1.69. The van der Waals surface area contributed by atoms with Gasteiger partial charge in [0.15, 0.2) is 0 Å². The summed E-state index contributed by atoms with van der Waals surface area (Å²) in [5, 5.41) is 9.75. The van der Waals surface area contributed by atoms with Crippen LogP contribution < -0.4 is 5.73 Å². The van der Waals surface area contributed by atoms with Crippen LogP contribution in [0.2, 0.25) is 0 Å². The van der Waals surface area contributed by atoms with Crippen LogP contribution in [0.25, 0.3) is 0 Å². The molecule has 0 unspecified atom stereocenters. The fourth-order valence-electron chi connectivity index (χ4n) is 2.07. The van der Waals surface area contributed by atoms with Crippen LogP contribution >= 0.6 is 0 Å². The van der Waals surface area contributed by atoms with Gasteiger partial charge in [-0.1, -0.05) is 0 Å². The number of carbonyl (C=O) groups excluding carboxylic acids is 1. The van der Waals surface area contributed by atoms with Gasteiger partial charge in [0.1, 0.15) is 5.82 Å². The van der Waals surface area contributed by atoms with Crippen molar-refractivity contribution in [3.8, 4) is 0 Å². The van der Waals surface area contributed by atoms with Crippen LogP contribution in [0.1, 0.15) is 45.2 Å². The van der Waals surface area contributed by atoms with Gasteiger partial charge < -0.3 is 10.6 Å². The van der Waals surface area contributed by atoms with Crippen LogP contribution in [-0.2, 0) is 9.63 Å². The van der Waals surface area contributed by atoms with Crippen LogP contribution in [0.15, 0.2) is 12.1 Å². The number of hydroxylamine groups is 2. The number of nitrogen functional groups attached to an aromatic ring is 1. The molecule has 20 heavy (non-hydrogen) atoms. The maximum Gasteiger partial charge on any atom is 0.330 e. The molecule has 110 valence electrons. The summed E-state index contributed by atoms with van der Waals surface area (Å²) in [5.41, 5.74) is 6.02. The Morgan fingerprint density at radius 2 is 1.95 bits per heavy atom. The molecule has 0 atom stereocenters. The van der Waals surface area contributed by atoms with Crippen LogP contribution in [0.5, 0.6) is 0 Å². The minimum absolute atomic E-state index is 0.191. The zero-order valence-corrected chi connectivity index (χ0v) is 12.3. The Morgan fingerprint density at radius 3 is 2.45 bits per heavy atom. The molecule has 2 heterocycles. The first kappa shape index (κ1) is 14.7. The minimum atomic E-state index is -0.473. The van der Waals surface area contributed by atoms with Crippen molar-refractivity contribution >= 4 is 11.8 Å². The van der Waals surface area contributed by atoms with Gasteiger partial charge in [0, 0.05) is 19.0 Å². The second-order valence-electron chi connectivity index (χ2n) is 6.22. The van der Waals surface area contributed by atoms with E-state index < -0.39 is 5.41 Å². The average molecular weight is 278 g/mol. The summed E-state index contributed by atoms with van der Waals surface area (Å²) in [5.74, 6) is 0.598. The van der Waals surface area contributed by atoms with E-state index in [4.69, 9.17) is 10.6 Å². The topological polar surface area (TPSA) is 81.3 Å². The predicted octanol–water partition coefficient (Wildman–Crippen LogP) is 1.74. The maximum absolute atomic E-state index is 11.8. The molecule has 1 aromatic rings. The molecule has 1 aromatic heterocycles. The summed E-state index contributed by atoms with van der Waals surface area (Å²) in [6.07, 6.45) is 1.80. The lowest BCUT2D eigenvalue weighted by Gasteiger charge is -2.31. The van der Waals surface area contributed by atoms with Crippen molar-refractivity contribution in [3.63, 3.8) is 0 Å². The Balaban J connectivity index is 1.86. The summed E-state index contributed by atoms with van der Waals surface area (Å²) in [6, 6.07) is 3.69. The zero-order valence-electron chi connectivity index (χ0n) is 12.3. The number of hydrogen-bond donors (Lipinski definition) is 1. The molecule has 0 spiro atoms. The quantitative estimate of drug-likeness (QED) is 0.887. The number of rotatable bonds is 2. The average Bonchev–Trinajstić information content (AvgIpc) is 2.39. The molecule has 6 heteroatoms. The molecule has 0 saturated carbocycles. The molecule has 0 aromatic carbocycles. The summed E-state index contributed by atoms with van der Waals surface area (Å²) in [4.78, 5) is 17.2. The van der Waals surface area contributed by atoms with Gasteiger partial charge in [-0.25, -0.2) is 4.79 Å². The molecular formula is C14H22N4O2. The molecule has 1 saturated heterocycles. The van der Waals surface area contributed by atoms with E-state index >= 15 is 0 Å². The van der Waals surface area contributed by atoms with E-state index in [0.717, 1.165) is 31.6 Å². The molecule has 1 aliphatic rings. The summed E-state index contributed by atoms with van der Waals surface area (Å²) in [6.45, 7) is 7.00. The van der Waals surface area contributed by atoms with Crippen molar-refractivity contribution in [2.75, 3.05) is 18.8 Å². The minimum Gasteiger partial charge on any atom is -0.382 e. The molecule has 2 rings (SSSR count). The second kappa shape index (κ2) is 5.75. The largest absolute Gasteiger partial charge is 0.382 e. The van der Waals surface area contributed by atoms with Crippen molar-refractivity contribution in [1.29, 1.82) is 0 Å². The summed E-state index contributed by atoms with van der Waals surface area (Å²) < 4.78 is 0. The van der Waals surface area contributed by atoms with Crippen molar-refractivity contribution < 1.29 is 9.63 Å². The number of piperidine rings is 1. The highest BCUT2D eigenvalue weighted by Crippen LogP contribution is 2.27. The third kappa shape index (κ3) is 3.66. The van der Waals surface area contributed by atoms with E-state index in [2.05, 4.69) is 10.2 Å². The lowest BCUT2D eigenvalue weighted by Crippen LogP contribution is -2.38. The molecule has 0 aliphatic carbocycles. The van der Waals surface area contributed by atoms with Crippen LogP contribution in [0, 0.1) is 5.41 Å². The molecule has 1 fully saturated rings. The van der Waals surface area contributed by atoms with Crippen molar-refractivity contribution in [2.24, 2.45) is 5.41 Å². The number of hydrogen-bond acceptors (Lipinski definition) is 6. The highest BCUT2D eigenvalue weighted by atomic mass is 16.7. The summed E-state index contributed by atoms with van der Waals surface area (Å²) >= 11 is 0. The lowest BCUT2D eigenvalue weighted by molar-refractivity contribution is -0.204. The number of carbonyl (C=O) groups is 1.